The normalized spacial score (nSPS) is 12.0. The predicted molar refractivity (Wildman–Crippen MR) is 99.7 cm³/mol. The lowest BCUT2D eigenvalue weighted by Crippen LogP contribution is -2.41. The van der Waals surface area contributed by atoms with Gasteiger partial charge in [-0.1, -0.05) is 12.1 Å². The molecule has 3 rings (SSSR count). The third-order valence-corrected chi connectivity index (χ3v) is 4.14. The Kier molecular flexibility index (Phi) is 5.62. The SMILES string of the molecule is CCCn1nnc2cc(C(=O)N[C@H](C)C(=O)Nc3ccc(F)cc3F)ccc21. The molecule has 7 nitrogen and oxygen atoms in total. The van der Waals surface area contributed by atoms with Crippen molar-refractivity contribution in [3.63, 3.8) is 0 Å². The van der Waals surface area contributed by atoms with Gasteiger partial charge in [-0.25, -0.2) is 13.5 Å². The van der Waals surface area contributed by atoms with Crippen LogP contribution in [0, 0.1) is 11.6 Å². The van der Waals surface area contributed by atoms with Gasteiger partial charge in [-0.2, -0.15) is 0 Å². The lowest BCUT2D eigenvalue weighted by atomic mass is 10.1. The molecular weight excluding hydrogens is 368 g/mol. The maximum atomic E-state index is 13.6. The van der Waals surface area contributed by atoms with Crippen LogP contribution in [-0.4, -0.2) is 32.9 Å². The first kappa shape index (κ1) is 19.4. The molecule has 0 unspecified atom stereocenters. The van der Waals surface area contributed by atoms with E-state index in [0.717, 1.165) is 30.6 Å². The van der Waals surface area contributed by atoms with Crippen LogP contribution >= 0.6 is 0 Å². The van der Waals surface area contributed by atoms with E-state index in [4.69, 9.17) is 0 Å². The molecule has 146 valence electrons. The Labute approximate surface area is 159 Å². The van der Waals surface area contributed by atoms with Crippen molar-refractivity contribution in [1.82, 2.24) is 20.3 Å². The summed E-state index contributed by atoms with van der Waals surface area (Å²) in [7, 11) is 0. The van der Waals surface area contributed by atoms with Crippen molar-refractivity contribution in [2.75, 3.05) is 5.32 Å². The van der Waals surface area contributed by atoms with Crippen LogP contribution in [0.2, 0.25) is 0 Å². The van der Waals surface area contributed by atoms with Crippen molar-refractivity contribution in [2.24, 2.45) is 0 Å². The van der Waals surface area contributed by atoms with Gasteiger partial charge in [0, 0.05) is 18.2 Å². The number of halogens is 2. The number of hydrogen-bond donors (Lipinski definition) is 2. The van der Waals surface area contributed by atoms with Crippen molar-refractivity contribution >= 4 is 28.5 Å². The molecule has 28 heavy (non-hydrogen) atoms. The van der Waals surface area contributed by atoms with Crippen LogP contribution in [0.3, 0.4) is 0 Å². The van der Waals surface area contributed by atoms with Crippen LogP contribution in [-0.2, 0) is 11.3 Å². The molecule has 0 saturated heterocycles. The van der Waals surface area contributed by atoms with Crippen LogP contribution in [0.15, 0.2) is 36.4 Å². The van der Waals surface area contributed by atoms with Crippen LogP contribution in [0.25, 0.3) is 11.0 Å². The quantitative estimate of drug-likeness (QED) is 0.681. The number of nitrogens with one attached hydrogen (secondary N) is 2. The highest BCUT2D eigenvalue weighted by Gasteiger charge is 2.19. The molecular formula is C19H19F2N5O2. The first-order chi connectivity index (χ1) is 13.4. The lowest BCUT2D eigenvalue weighted by molar-refractivity contribution is -0.117. The fourth-order valence-electron chi connectivity index (χ4n) is 2.67. The maximum Gasteiger partial charge on any atom is 0.251 e. The molecule has 1 atom stereocenters. The summed E-state index contributed by atoms with van der Waals surface area (Å²) in [5, 5.41) is 13.0. The summed E-state index contributed by atoms with van der Waals surface area (Å²) in [5.74, 6) is -2.75. The zero-order valence-corrected chi connectivity index (χ0v) is 15.4. The molecule has 0 fully saturated rings. The van der Waals surface area contributed by atoms with Gasteiger partial charge in [0.15, 0.2) is 0 Å². The number of anilines is 1. The van der Waals surface area contributed by atoms with E-state index in [1.165, 1.54) is 6.92 Å². The predicted octanol–water partition coefficient (Wildman–Crippen LogP) is 2.88. The van der Waals surface area contributed by atoms with Crippen molar-refractivity contribution in [2.45, 2.75) is 32.9 Å². The zero-order chi connectivity index (χ0) is 20.3. The molecule has 0 aliphatic carbocycles. The largest absolute Gasteiger partial charge is 0.341 e. The lowest BCUT2D eigenvalue weighted by Gasteiger charge is -2.14. The summed E-state index contributed by atoms with van der Waals surface area (Å²) in [5.41, 5.74) is 1.55. The number of carbonyl (C=O) groups is 2. The van der Waals surface area contributed by atoms with E-state index in [-0.39, 0.29) is 5.69 Å². The second-order valence-corrected chi connectivity index (χ2v) is 6.32. The van der Waals surface area contributed by atoms with Crippen molar-refractivity contribution in [3.05, 3.63) is 53.6 Å². The molecule has 0 bridgehead atoms. The molecule has 2 aromatic carbocycles. The molecule has 0 aliphatic rings. The summed E-state index contributed by atoms with van der Waals surface area (Å²) in [6, 6.07) is 6.83. The minimum absolute atomic E-state index is 0.165. The smallest absolute Gasteiger partial charge is 0.251 e. The second kappa shape index (κ2) is 8.12. The molecule has 0 spiro atoms. The van der Waals surface area contributed by atoms with E-state index >= 15 is 0 Å². The minimum Gasteiger partial charge on any atom is -0.341 e. The first-order valence-electron chi connectivity index (χ1n) is 8.79. The number of benzene rings is 2. The van der Waals surface area contributed by atoms with Crippen LogP contribution in [0.5, 0.6) is 0 Å². The van der Waals surface area contributed by atoms with E-state index in [2.05, 4.69) is 20.9 Å². The van der Waals surface area contributed by atoms with Crippen LogP contribution in [0.4, 0.5) is 14.5 Å². The van der Waals surface area contributed by atoms with Crippen molar-refractivity contribution in [3.8, 4) is 0 Å². The summed E-state index contributed by atoms with van der Waals surface area (Å²) in [6.45, 7) is 4.21. The Morgan fingerprint density at radius 1 is 1.18 bits per heavy atom. The average molecular weight is 387 g/mol. The van der Waals surface area contributed by atoms with E-state index in [1.807, 2.05) is 6.92 Å². The number of fused-ring (bicyclic) bond motifs is 1. The Hall–Kier alpha value is -3.36. The third kappa shape index (κ3) is 4.13. The zero-order valence-electron chi connectivity index (χ0n) is 15.4. The van der Waals surface area contributed by atoms with Crippen molar-refractivity contribution < 1.29 is 18.4 Å². The van der Waals surface area contributed by atoms with E-state index in [1.54, 1.807) is 22.9 Å². The number of nitrogens with zero attached hydrogens (tertiary/aromatic N) is 3. The standard InChI is InChI=1S/C19H19F2N5O2/c1-3-8-26-17-7-4-12(9-16(17)24-25-26)19(28)22-11(2)18(27)23-15-6-5-13(20)10-14(15)21/h4-7,9-11H,3,8H2,1-2H3,(H,22,28)(H,23,27)/t11-/m1/s1. The monoisotopic (exact) mass is 387 g/mol. The molecule has 1 heterocycles. The second-order valence-electron chi connectivity index (χ2n) is 6.32. The van der Waals surface area contributed by atoms with Gasteiger partial charge in [0.05, 0.1) is 11.2 Å². The summed E-state index contributed by atoms with van der Waals surface area (Å²) >= 11 is 0. The molecule has 3 aromatic rings. The number of rotatable bonds is 6. The van der Waals surface area contributed by atoms with Gasteiger partial charge in [0.25, 0.3) is 5.91 Å². The summed E-state index contributed by atoms with van der Waals surface area (Å²) in [4.78, 5) is 24.6. The highest BCUT2D eigenvalue weighted by atomic mass is 19.1. The fraction of sp³-hybridized carbons (Fsp3) is 0.263. The van der Waals surface area contributed by atoms with Gasteiger partial charge >= 0.3 is 0 Å². The van der Waals surface area contributed by atoms with Gasteiger partial charge in [0.1, 0.15) is 23.2 Å². The van der Waals surface area contributed by atoms with Gasteiger partial charge in [-0.3, -0.25) is 9.59 Å². The topological polar surface area (TPSA) is 88.9 Å². The Morgan fingerprint density at radius 2 is 1.96 bits per heavy atom. The molecule has 2 N–H and O–H groups in total. The fourth-order valence-corrected chi connectivity index (χ4v) is 2.67. The van der Waals surface area contributed by atoms with Gasteiger partial charge in [0.2, 0.25) is 5.91 Å². The van der Waals surface area contributed by atoms with Crippen LogP contribution < -0.4 is 10.6 Å². The first-order valence-corrected chi connectivity index (χ1v) is 8.79. The summed E-state index contributed by atoms with van der Waals surface area (Å²) in [6.07, 6.45) is 0.905. The number of aryl methyl sites for hydroxylation is 1. The molecule has 0 radical (unpaired) electrons. The Bertz CT molecular complexity index is 1030. The highest BCUT2D eigenvalue weighted by molar-refractivity contribution is 6.02. The van der Waals surface area contributed by atoms with E-state index in [0.29, 0.717) is 17.1 Å². The summed E-state index contributed by atoms with van der Waals surface area (Å²) < 4.78 is 28.3. The molecule has 1 aromatic heterocycles. The van der Waals surface area contributed by atoms with Gasteiger partial charge < -0.3 is 10.6 Å². The van der Waals surface area contributed by atoms with Gasteiger partial charge in [-0.05, 0) is 43.7 Å². The number of hydrogen-bond acceptors (Lipinski definition) is 4. The minimum atomic E-state index is -0.941. The Balaban J connectivity index is 1.67. The molecule has 0 aliphatic heterocycles. The maximum absolute atomic E-state index is 13.6. The van der Waals surface area contributed by atoms with Crippen LogP contribution in [0.1, 0.15) is 30.6 Å². The molecule has 9 heteroatoms. The molecule has 2 amide bonds. The number of amides is 2. The third-order valence-electron chi connectivity index (χ3n) is 4.14. The number of aromatic nitrogens is 3. The van der Waals surface area contributed by atoms with E-state index < -0.39 is 29.5 Å². The number of carbonyl (C=O) groups excluding carboxylic acids is 2. The molecule has 0 saturated carbocycles. The van der Waals surface area contributed by atoms with Gasteiger partial charge in [-0.15, -0.1) is 5.10 Å². The Morgan fingerprint density at radius 3 is 2.68 bits per heavy atom. The average Bonchev–Trinajstić information content (AvgIpc) is 3.06. The van der Waals surface area contributed by atoms with Crippen molar-refractivity contribution in [1.29, 1.82) is 0 Å². The highest BCUT2D eigenvalue weighted by Crippen LogP contribution is 2.16. The van der Waals surface area contributed by atoms with E-state index in [9.17, 15) is 18.4 Å².